The molecule has 0 unspecified atom stereocenters. The van der Waals surface area contributed by atoms with Gasteiger partial charge in [-0.1, -0.05) is 0 Å². The van der Waals surface area contributed by atoms with Crippen molar-refractivity contribution in [3.8, 4) is 0 Å². The molecule has 2 heterocycles. The van der Waals surface area contributed by atoms with Gasteiger partial charge in [-0.05, 0) is 21.6 Å². The lowest BCUT2D eigenvalue weighted by Crippen LogP contribution is -2.17. The summed E-state index contributed by atoms with van der Waals surface area (Å²) in [6.07, 6.45) is 0. The Balaban J connectivity index is 1.74. The van der Waals surface area contributed by atoms with Crippen LogP contribution in [0.1, 0.15) is 0 Å². The standard InChI is InChI=1S/C6H10N4S2/c1-2-8-5(7-1)11-12-6-9-3-4-10-6/h1-4H2,(H,7,8)(H,9,10). The van der Waals surface area contributed by atoms with Crippen LogP contribution >= 0.6 is 21.6 Å². The van der Waals surface area contributed by atoms with Gasteiger partial charge in [0.2, 0.25) is 0 Å². The van der Waals surface area contributed by atoms with Crippen molar-refractivity contribution in [1.29, 1.82) is 0 Å². The first-order valence-corrected chi connectivity index (χ1v) is 6.01. The minimum absolute atomic E-state index is 0.906. The summed E-state index contributed by atoms with van der Waals surface area (Å²) in [6.45, 7) is 3.76. The summed E-state index contributed by atoms with van der Waals surface area (Å²) in [5.41, 5.74) is 0. The van der Waals surface area contributed by atoms with E-state index in [1.54, 1.807) is 21.6 Å². The molecule has 2 N–H and O–H groups in total. The van der Waals surface area contributed by atoms with Crippen molar-refractivity contribution in [2.24, 2.45) is 9.98 Å². The fourth-order valence-corrected chi connectivity index (χ4v) is 2.85. The van der Waals surface area contributed by atoms with Crippen LogP contribution in [0.5, 0.6) is 0 Å². The van der Waals surface area contributed by atoms with Gasteiger partial charge < -0.3 is 10.6 Å². The van der Waals surface area contributed by atoms with Crippen molar-refractivity contribution in [3.05, 3.63) is 0 Å². The van der Waals surface area contributed by atoms with Gasteiger partial charge in [0.25, 0.3) is 0 Å². The van der Waals surface area contributed by atoms with Crippen molar-refractivity contribution in [2.45, 2.75) is 0 Å². The first-order valence-electron chi connectivity index (χ1n) is 3.86. The third kappa shape index (κ3) is 2.07. The van der Waals surface area contributed by atoms with Crippen LogP contribution in [-0.4, -0.2) is 36.5 Å². The summed E-state index contributed by atoms with van der Waals surface area (Å²) in [6, 6.07) is 0. The van der Waals surface area contributed by atoms with Crippen LogP contribution in [0.15, 0.2) is 9.98 Å². The van der Waals surface area contributed by atoms with Crippen molar-refractivity contribution >= 4 is 31.9 Å². The van der Waals surface area contributed by atoms with Crippen molar-refractivity contribution < 1.29 is 0 Å². The molecule has 0 spiro atoms. The second kappa shape index (κ2) is 4.04. The molecule has 2 rings (SSSR count). The van der Waals surface area contributed by atoms with E-state index < -0.39 is 0 Å². The maximum Gasteiger partial charge on any atom is 0.167 e. The minimum atomic E-state index is 0.906. The molecule has 0 aromatic carbocycles. The number of hydrogen-bond donors (Lipinski definition) is 2. The maximum absolute atomic E-state index is 4.26. The van der Waals surface area contributed by atoms with Gasteiger partial charge in [0.1, 0.15) is 0 Å². The fraction of sp³-hybridized carbons (Fsp3) is 0.667. The fourth-order valence-electron chi connectivity index (χ4n) is 0.943. The highest BCUT2D eigenvalue weighted by Crippen LogP contribution is 2.24. The van der Waals surface area contributed by atoms with Crippen molar-refractivity contribution in [1.82, 2.24) is 10.6 Å². The highest BCUT2D eigenvalue weighted by Gasteiger charge is 2.10. The molecule has 0 aromatic rings. The molecule has 0 saturated carbocycles. The van der Waals surface area contributed by atoms with Crippen LogP contribution in [0.2, 0.25) is 0 Å². The summed E-state index contributed by atoms with van der Waals surface area (Å²) >= 11 is 0. The third-order valence-corrected chi connectivity index (χ3v) is 3.63. The van der Waals surface area contributed by atoms with E-state index in [0.717, 1.165) is 36.5 Å². The van der Waals surface area contributed by atoms with Gasteiger partial charge in [0.15, 0.2) is 10.3 Å². The number of hydrogen-bond acceptors (Lipinski definition) is 6. The quantitative estimate of drug-likeness (QED) is 0.554. The van der Waals surface area contributed by atoms with Gasteiger partial charge in [-0.15, -0.1) is 0 Å². The molecule has 0 atom stereocenters. The van der Waals surface area contributed by atoms with Crippen LogP contribution < -0.4 is 10.6 Å². The van der Waals surface area contributed by atoms with E-state index in [1.807, 2.05) is 0 Å². The predicted octanol–water partition coefficient (Wildman–Crippen LogP) is 0.286. The van der Waals surface area contributed by atoms with E-state index in [9.17, 15) is 0 Å². The molecule has 0 bridgehead atoms. The molecule has 2 aliphatic heterocycles. The summed E-state index contributed by atoms with van der Waals surface area (Å²) < 4.78 is 0. The first kappa shape index (κ1) is 8.25. The molecule has 0 saturated heterocycles. The average Bonchev–Trinajstić information content (AvgIpc) is 2.74. The van der Waals surface area contributed by atoms with Gasteiger partial charge in [0.05, 0.1) is 13.1 Å². The maximum atomic E-state index is 4.26. The Morgan fingerprint density at radius 1 is 0.917 bits per heavy atom. The molecule has 2 aliphatic rings. The highest BCUT2D eigenvalue weighted by atomic mass is 33.1. The number of nitrogens with zero attached hydrogens (tertiary/aromatic N) is 2. The van der Waals surface area contributed by atoms with Gasteiger partial charge in [-0.2, -0.15) is 0 Å². The van der Waals surface area contributed by atoms with Crippen LogP contribution in [0, 0.1) is 0 Å². The number of nitrogens with one attached hydrogen (secondary N) is 2. The molecule has 0 radical (unpaired) electrons. The molecule has 66 valence electrons. The smallest absolute Gasteiger partial charge is 0.167 e. The molecule has 4 nitrogen and oxygen atoms in total. The zero-order valence-electron chi connectivity index (χ0n) is 6.54. The largest absolute Gasteiger partial charge is 0.362 e. The van der Waals surface area contributed by atoms with E-state index in [2.05, 4.69) is 20.6 Å². The van der Waals surface area contributed by atoms with Crippen LogP contribution in [0.3, 0.4) is 0 Å². The van der Waals surface area contributed by atoms with Crippen molar-refractivity contribution in [2.75, 3.05) is 26.2 Å². The highest BCUT2D eigenvalue weighted by molar-refractivity contribution is 8.87. The van der Waals surface area contributed by atoms with Crippen molar-refractivity contribution in [3.63, 3.8) is 0 Å². The van der Waals surface area contributed by atoms with Crippen LogP contribution in [0.25, 0.3) is 0 Å². The Morgan fingerprint density at radius 2 is 1.42 bits per heavy atom. The molecular weight excluding hydrogens is 192 g/mol. The van der Waals surface area contributed by atoms with Gasteiger partial charge >= 0.3 is 0 Å². The molecule has 6 heteroatoms. The Labute approximate surface area is 79.1 Å². The molecule has 0 aromatic heterocycles. The molecule has 0 fully saturated rings. The van der Waals surface area contributed by atoms with E-state index >= 15 is 0 Å². The van der Waals surface area contributed by atoms with Gasteiger partial charge in [-0.25, -0.2) is 0 Å². The first-order chi connectivity index (χ1) is 5.95. The lowest BCUT2D eigenvalue weighted by Gasteiger charge is -2.00. The summed E-state index contributed by atoms with van der Waals surface area (Å²) in [5.74, 6) is 0. The molecule has 0 amide bonds. The Morgan fingerprint density at radius 3 is 1.75 bits per heavy atom. The zero-order chi connectivity index (χ0) is 8.23. The number of rotatable bonds is 0. The summed E-state index contributed by atoms with van der Waals surface area (Å²) in [4.78, 5) is 8.52. The Kier molecular flexibility index (Phi) is 2.78. The van der Waals surface area contributed by atoms with E-state index in [-0.39, 0.29) is 0 Å². The predicted molar refractivity (Wildman–Crippen MR) is 55.8 cm³/mol. The van der Waals surface area contributed by atoms with Crippen LogP contribution in [0.4, 0.5) is 0 Å². The van der Waals surface area contributed by atoms with E-state index in [4.69, 9.17) is 0 Å². The number of aliphatic imine (C=N–C) groups is 2. The molecule has 0 aliphatic carbocycles. The average molecular weight is 202 g/mol. The second-order valence-electron chi connectivity index (χ2n) is 2.39. The SMILES string of the molecule is C1CNC(SSC2=NCCN2)=N1. The second-order valence-corrected chi connectivity index (χ2v) is 4.50. The summed E-state index contributed by atoms with van der Waals surface area (Å²) in [7, 11) is 3.29. The minimum Gasteiger partial charge on any atom is -0.362 e. The number of amidine groups is 2. The van der Waals surface area contributed by atoms with E-state index in [0.29, 0.717) is 0 Å². The van der Waals surface area contributed by atoms with E-state index in [1.165, 1.54) is 0 Å². The topological polar surface area (TPSA) is 48.8 Å². The van der Waals surface area contributed by atoms with Gasteiger partial charge in [0, 0.05) is 13.1 Å². The normalized spacial score (nSPS) is 21.3. The Hall–Kier alpha value is -0.360. The monoisotopic (exact) mass is 202 g/mol. The molecular formula is C6H10N4S2. The third-order valence-electron chi connectivity index (χ3n) is 1.49. The summed E-state index contributed by atoms with van der Waals surface area (Å²) in [5, 5.41) is 8.43. The lowest BCUT2D eigenvalue weighted by atomic mass is 10.7. The molecule has 12 heavy (non-hydrogen) atoms. The lowest BCUT2D eigenvalue weighted by molar-refractivity contribution is 0.963. The van der Waals surface area contributed by atoms with Crippen LogP contribution in [-0.2, 0) is 0 Å². The Bertz CT molecular complexity index is 202. The zero-order valence-corrected chi connectivity index (χ0v) is 8.17. The van der Waals surface area contributed by atoms with Gasteiger partial charge in [-0.3, -0.25) is 9.98 Å².